The van der Waals surface area contributed by atoms with Crippen LogP contribution in [-0.4, -0.2) is 22.2 Å². The van der Waals surface area contributed by atoms with E-state index in [1.807, 2.05) is 38.1 Å². The topological polar surface area (TPSA) is 29.5 Å². The van der Waals surface area contributed by atoms with Gasteiger partial charge in [-0.1, -0.05) is 26.0 Å². The molecule has 0 aliphatic heterocycles. The Bertz CT molecular complexity index is 337. The minimum Gasteiger partial charge on any atom is -0.491 e. The van der Waals surface area contributed by atoms with Gasteiger partial charge in [-0.05, 0) is 36.8 Å². The van der Waals surface area contributed by atoms with Gasteiger partial charge >= 0.3 is 0 Å². The monoisotopic (exact) mass is 254 g/mol. The highest BCUT2D eigenvalue weighted by molar-refractivity contribution is 7.99. The van der Waals surface area contributed by atoms with E-state index in [9.17, 15) is 5.11 Å². The largest absolute Gasteiger partial charge is 0.491 e. The highest BCUT2D eigenvalue weighted by Gasteiger charge is 2.10. The van der Waals surface area contributed by atoms with Crippen LogP contribution in [0.4, 0.5) is 0 Å². The summed E-state index contributed by atoms with van der Waals surface area (Å²) in [6, 6.07) is 7.71. The molecule has 0 aliphatic rings. The van der Waals surface area contributed by atoms with Crippen LogP contribution in [0, 0.1) is 0 Å². The van der Waals surface area contributed by atoms with Crippen LogP contribution in [0.3, 0.4) is 0 Å². The second kappa shape index (κ2) is 6.92. The maximum atomic E-state index is 10.1. The van der Waals surface area contributed by atoms with Crippen molar-refractivity contribution in [3.8, 4) is 5.75 Å². The molecule has 0 radical (unpaired) electrons. The summed E-state index contributed by atoms with van der Waals surface area (Å²) < 4.78 is 5.61. The van der Waals surface area contributed by atoms with Crippen LogP contribution >= 0.6 is 11.8 Å². The average molecular weight is 254 g/mol. The molecule has 1 N–H and O–H groups in total. The first kappa shape index (κ1) is 14.4. The summed E-state index contributed by atoms with van der Waals surface area (Å²) in [5, 5.41) is 10.6. The standard InChI is InChI=1S/C14H22O2S/c1-10(2)16-13-7-5-6-12(8-13)14(15)9-17-11(3)4/h5-8,10-11,14-15H,9H2,1-4H3. The van der Waals surface area contributed by atoms with Crippen molar-refractivity contribution in [3.05, 3.63) is 29.8 Å². The van der Waals surface area contributed by atoms with Gasteiger partial charge in [-0.25, -0.2) is 0 Å². The third kappa shape index (κ3) is 5.46. The van der Waals surface area contributed by atoms with Crippen molar-refractivity contribution in [1.29, 1.82) is 0 Å². The second-order valence-corrected chi connectivity index (χ2v) is 6.25. The van der Waals surface area contributed by atoms with Gasteiger partial charge in [0.1, 0.15) is 5.75 Å². The van der Waals surface area contributed by atoms with Crippen LogP contribution in [0.15, 0.2) is 24.3 Å². The Hall–Kier alpha value is -0.670. The molecular weight excluding hydrogens is 232 g/mol. The van der Waals surface area contributed by atoms with Crippen molar-refractivity contribution in [3.63, 3.8) is 0 Å². The summed E-state index contributed by atoms with van der Waals surface area (Å²) in [4.78, 5) is 0. The van der Waals surface area contributed by atoms with Gasteiger partial charge in [0.15, 0.2) is 0 Å². The van der Waals surface area contributed by atoms with Gasteiger partial charge in [0, 0.05) is 5.75 Å². The predicted octanol–water partition coefficient (Wildman–Crippen LogP) is 3.65. The normalized spacial score (nSPS) is 13.1. The molecule has 17 heavy (non-hydrogen) atoms. The predicted molar refractivity (Wildman–Crippen MR) is 74.8 cm³/mol. The van der Waals surface area contributed by atoms with E-state index in [1.54, 1.807) is 11.8 Å². The quantitative estimate of drug-likeness (QED) is 0.840. The SMILES string of the molecule is CC(C)Oc1cccc(C(O)CSC(C)C)c1. The van der Waals surface area contributed by atoms with Crippen LogP contribution in [-0.2, 0) is 0 Å². The molecular formula is C14H22O2S. The summed E-state index contributed by atoms with van der Waals surface area (Å²) in [6.07, 6.45) is -0.259. The lowest BCUT2D eigenvalue weighted by Crippen LogP contribution is -2.07. The zero-order valence-corrected chi connectivity index (χ0v) is 11.8. The van der Waals surface area contributed by atoms with Gasteiger partial charge in [0.2, 0.25) is 0 Å². The Kier molecular flexibility index (Phi) is 5.86. The summed E-state index contributed by atoms with van der Waals surface area (Å²) >= 11 is 1.76. The van der Waals surface area contributed by atoms with E-state index in [-0.39, 0.29) is 6.10 Å². The third-order valence-electron chi connectivity index (χ3n) is 2.20. The molecule has 0 amide bonds. The molecule has 96 valence electrons. The Labute approximate surface area is 108 Å². The lowest BCUT2D eigenvalue weighted by atomic mass is 10.1. The maximum absolute atomic E-state index is 10.1. The van der Waals surface area contributed by atoms with Crippen molar-refractivity contribution in [1.82, 2.24) is 0 Å². The average Bonchev–Trinajstić information content (AvgIpc) is 2.25. The summed E-state index contributed by atoms with van der Waals surface area (Å²) in [7, 11) is 0. The van der Waals surface area contributed by atoms with Crippen LogP contribution < -0.4 is 4.74 Å². The molecule has 0 spiro atoms. The van der Waals surface area contributed by atoms with Crippen LogP contribution in [0.25, 0.3) is 0 Å². The highest BCUT2D eigenvalue weighted by Crippen LogP contribution is 2.24. The zero-order valence-electron chi connectivity index (χ0n) is 11.0. The number of aliphatic hydroxyl groups excluding tert-OH is 1. The smallest absolute Gasteiger partial charge is 0.120 e. The number of thioether (sulfide) groups is 1. The number of hydrogen-bond donors (Lipinski definition) is 1. The van der Waals surface area contributed by atoms with E-state index in [1.165, 1.54) is 0 Å². The zero-order chi connectivity index (χ0) is 12.8. The van der Waals surface area contributed by atoms with Crippen molar-refractivity contribution < 1.29 is 9.84 Å². The fraction of sp³-hybridized carbons (Fsp3) is 0.571. The van der Waals surface area contributed by atoms with Gasteiger partial charge < -0.3 is 9.84 Å². The Morgan fingerprint density at radius 3 is 2.53 bits per heavy atom. The number of aliphatic hydroxyl groups is 1. The molecule has 0 saturated carbocycles. The lowest BCUT2D eigenvalue weighted by Gasteiger charge is -2.15. The van der Waals surface area contributed by atoms with Gasteiger partial charge in [0.05, 0.1) is 12.2 Å². The summed E-state index contributed by atoms with van der Waals surface area (Å²) in [6.45, 7) is 8.26. The van der Waals surface area contributed by atoms with Gasteiger partial charge in [0.25, 0.3) is 0 Å². The molecule has 0 saturated heterocycles. The lowest BCUT2D eigenvalue weighted by molar-refractivity contribution is 0.201. The summed E-state index contributed by atoms with van der Waals surface area (Å²) in [5.74, 6) is 1.55. The minimum atomic E-state index is -0.418. The number of hydrogen-bond acceptors (Lipinski definition) is 3. The fourth-order valence-electron chi connectivity index (χ4n) is 1.45. The minimum absolute atomic E-state index is 0.160. The van der Waals surface area contributed by atoms with Crippen LogP contribution in [0.1, 0.15) is 39.4 Å². The Balaban J connectivity index is 2.63. The second-order valence-electron chi connectivity index (χ2n) is 4.64. The Morgan fingerprint density at radius 2 is 1.94 bits per heavy atom. The van der Waals surface area contributed by atoms with E-state index in [4.69, 9.17) is 4.74 Å². The van der Waals surface area contributed by atoms with E-state index in [0.29, 0.717) is 5.25 Å². The first-order valence-electron chi connectivity index (χ1n) is 6.05. The number of ether oxygens (including phenoxy) is 1. The summed E-state index contributed by atoms with van der Waals surface area (Å²) in [5.41, 5.74) is 0.927. The van der Waals surface area contributed by atoms with E-state index < -0.39 is 6.10 Å². The highest BCUT2D eigenvalue weighted by atomic mass is 32.2. The molecule has 1 aromatic carbocycles. The van der Waals surface area contributed by atoms with Crippen LogP contribution in [0.5, 0.6) is 5.75 Å². The molecule has 1 aromatic rings. The molecule has 1 atom stereocenters. The van der Waals surface area contributed by atoms with E-state index in [2.05, 4.69) is 13.8 Å². The van der Waals surface area contributed by atoms with Crippen molar-refractivity contribution in [2.45, 2.75) is 45.2 Å². The molecule has 1 rings (SSSR count). The van der Waals surface area contributed by atoms with Crippen LogP contribution in [0.2, 0.25) is 0 Å². The van der Waals surface area contributed by atoms with E-state index in [0.717, 1.165) is 17.1 Å². The first-order valence-corrected chi connectivity index (χ1v) is 7.10. The fourth-order valence-corrected chi connectivity index (χ4v) is 2.21. The van der Waals surface area contributed by atoms with Crippen molar-refractivity contribution >= 4 is 11.8 Å². The molecule has 0 aromatic heterocycles. The molecule has 0 fully saturated rings. The molecule has 2 nitrogen and oxygen atoms in total. The van der Waals surface area contributed by atoms with Crippen molar-refractivity contribution in [2.24, 2.45) is 0 Å². The Morgan fingerprint density at radius 1 is 1.24 bits per heavy atom. The van der Waals surface area contributed by atoms with Gasteiger partial charge in [-0.3, -0.25) is 0 Å². The molecule has 0 aliphatic carbocycles. The molecule has 0 heterocycles. The number of benzene rings is 1. The maximum Gasteiger partial charge on any atom is 0.120 e. The van der Waals surface area contributed by atoms with Crippen molar-refractivity contribution in [2.75, 3.05) is 5.75 Å². The molecule has 3 heteroatoms. The molecule has 1 unspecified atom stereocenters. The van der Waals surface area contributed by atoms with Gasteiger partial charge in [-0.15, -0.1) is 0 Å². The van der Waals surface area contributed by atoms with E-state index >= 15 is 0 Å². The molecule has 0 bridgehead atoms. The first-order chi connectivity index (χ1) is 7.99. The third-order valence-corrected chi connectivity index (χ3v) is 3.38. The number of rotatable bonds is 6. The van der Waals surface area contributed by atoms with Gasteiger partial charge in [-0.2, -0.15) is 11.8 Å².